The first-order valence-corrected chi connectivity index (χ1v) is 5.19. The largest absolute Gasteiger partial charge is 0.481 e. The molecule has 1 heterocycles. The average Bonchev–Trinajstić information content (AvgIpc) is 2.82. The SMILES string of the molecule is CC1(C)[C@H](C(=O)O)[C@H]1c1ccc([N+](=O)[O-])cn1. The number of nitrogens with zero attached hydrogens (tertiary/aromatic N) is 2. The Bertz CT molecular complexity index is 481. The maximum Gasteiger partial charge on any atom is 0.307 e. The summed E-state index contributed by atoms with van der Waals surface area (Å²) >= 11 is 0. The number of nitro groups is 1. The highest BCUT2D eigenvalue weighted by atomic mass is 16.6. The highest BCUT2D eigenvalue weighted by molar-refractivity contribution is 5.77. The van der Waals surface area contributed by atoms with E-state index >= 15 is 0 Å². The third-order valence-corrected chi connectivity index (χ3v) is 3.39. The van der Waals surface area contributed by atoms with Crippen molar-refractivity contribution in [2.24, 2.45) is 11.3 Å². The van der Waals surface area contributed by atoms with E-state index in [1.54, 1.807) is 0 Å². The van der Waals surface area contributed by atoms with Gasteiger partial charge < -0.3 is 5.11 Å². The molecule has 0 amide bonds. The van der Waals surface area contributed by atoms with Gasteiger partial charge in [-0.15, -0.1) is 0 Å². The van der Waals surface area contributed by atoms with Crippen LogP contribution in [0.4, 0.5) is 5.69 Å². The maximum absolute atomic E-state index is 11.0. The van der Waals surface area contributed by atoms with Gasteiger partial charge in [-0.2, -0.15) is 0 Å². The zero-order valence-corrected chi connectivity index (χ0v) is 9.45. The smallest absolute Gasteiger partial charge is 0.307 e. The van der Waals surface area contributed by atoms with Crippen LogP contribution < -0.4 is 0 Å². The molecule has 1 aliphatic rings. The summed E-state index contributed by atoms with van der Waals surface area (Å²) in [4.78, 5) is 24.9. The van der Waals surface area contributed by atoms with Crippen molar-refractivity contribution in [3.8, 4) is 0 Å². The Morgan fingerprint density at radius 1 is 1.53 bits per heavy atom. The highest BCUT2D eigenvalue weighted by Gasteiger charge is 2.63. The zero-order valence-electron chi connectivity index (χ0n) is 9.45. The second kappa shape index (κ2) is 3.51. The second-order valence-corrected chi connectivity index (χ2v) is 4.81. The van der Waals surface area contributed by atoms with Crippen LogP contribution in [0.25, 0.3) is 0 Å². The Hall–Kier alpha value is -1.98. The van der Waals surface area contributed by atoms with E-state index in [1.165, 1.54) is 18.3 Å². The van der Waals surface area contributed by atoms with Gasteiger partial charge in [0.1, 0.15) is 6.20 Å². The van der Waals surface area contributed by atoms with Crippen molar-refractivity contribution in [2.45, 2.75) is 19.8 Å². The summed E-state index contributed by atoms with van der Waals surface area (Å²) in [6, 6.07) is 2.89. The molecule has 1 aromatic rings. The van der Waals surface area contributed by atoms with E-state index in [9.17, 15) is 14.9 Å². The van der Waals surface area contributed by atoms with Crippen LogP contribution in [0.3, 0.4) is 0 Å². The van der Waals surface area contributed by atoms with E-state index in [-0.39, 0.29) is 17.0 Å². The molecular weight excluding hydrogens is 224 g/mol. The van der Waals surface area contributed by atoms with Gasteiger partial charge in [0.2, 0.25) is 0 Å². The number of carboxylic acid groups (broad SMARTS) is 1. The molecule has 1 fully saturated rings. The van der Waals surface area contributed by atoms with E-state index in [1.807, 2.05) is 13.8 Å². The van der Waals surface area contributed by atoms with Gasteiger partial charge in [0.25, 0.3) is 5.69 Å². The first-order chi connectivity index (χ1) is 7.85. The number of rotatable bonds is 3. The van der Waals surface area contributed by atoms with Gasteiger partial charge in [0, 0.05) is 17.7 Å². The van der Waals surface area contributed by atoms with Gasteiger partial charge in [-0.1, -0.05) is 13.8 Å². The van der Waals surface area contributed by atoms with Gasteiger partial charge in [-0.25, -0.2) is 0 Å². The van der Waals surface area contributed by atoms with Gasteiger partial charge in [-0.05, 0) is 11.5 Å². The minimum Gasteiger partial charge on any atom is -0.481 e. The van der Waals surface area contributed by atoms with Crippen LogP contribution in [-0.2, 0) is 4.79 Å². The fraction of sp³-hybridized carbons (Fsp3) is 0.455. The molecule has 0 unspecified atom stereocenters. The van der Waals surface area contributed by atoms with Crippen molar-refractivity contribution in [3.63, 3.8) is 0 Å². The summed E-state index contributed by atoms with van der Waals surface area (Å²) in [5.41, 5.74) is 0.182. The summed E-state index contributed by atoms with van der Waals surface area (Å²) in [6.45, 7) is 3.72. The predicted molar refractivity (Wildman–Crippen MR) is 58.5 cm³/mol. The highest BCUT2D eigenvalue weighted by Crippen LogP contribution is 2.63. The molecule has 0 spiro atoms. The van der Waals surface area contributed by atoms with Crippen molar-refractivity contribution in [1.82, 2.24) is 4.98 Å². The lowest BCUT2D eigenvalue weighted by molar-refractivity contribution is -0.385. The molecule has 90 valence electrons. The third kappa shape index (κ3) is 1.75. The fourth-order valence-corrected chi connectivity index (χ4v) is 2.34. The lowest BCUT2D eigenvalue weighted by Crippen LogP contribution is -2.03. The van der Waals surface area contributed by atoms with Crippen molar-refractivity contribution in [3.05, 3.63) is 34.1 Å². The van der Waals surface area contributed by atoms with Crippen LogP contribution in [0.2, 0.25) is 0 Å². The molecule has 6 heteroatoms. The number of carboxylic acids is 1. The maximum atomic E-state index is 11.0. The first-order valence-electron chi connectivity index (χ1n) is 5.19. The number of hydrogen-bond donors (Lipinski definition) is 1. The normalized spacial score (nSPS) is 25.3. The van der Waals surface area contributed by atoms with Crippen molar-refractivity contribution in [2.75, 3.05) is 0 Å². The first kappa shape index (κ1) is 11.5. The molecule has 1 saturated carbocycles. The molecule has 0 radical (unpaired) electrons. The topological polar surface area (TPSA) is 93.3 Å². The molecule has 17 heavy (non-hydrogen) atoms. The molecule has 0 bridgehead atoms. The van der Waals surface area contributed by atoms with Crippen LogP contribution >= 0.6 is 0 Å². The molecule has 0 aliphatic heterocycles. The van der Waals surface area contributed by atoms with Crippen LogP contribution in [0.15, 0.2) is 18.3 Å². The van der Waals surface area contributed by atoms with E-state index in [2.05, 4.69) is 4.98 Å². The number of hydrogen-bond acceptors (Lipinski definition) is 4. The van der Waals surface area contributed by atoms with Crippen LogP contribution in [-0.4, -0.2) is 21.0 Å². The van der Waals surface area contributed by atoms with Gasteiger partial charge >= 0.3 is 5.97 Å². The van der Waals surface area contributed by atoms with Crippen LogP contribution in [0.1, 0.15) is 25.5 Å². The van der Waals surface area contributed by atoms with E-state index in [4.69, 9.17) is 5.11 Å². The van der Waals surface area contributed by atoms with E-state index in [0.29, 0.717) is 5.69 Å². The Labute approximate surface area is 97.4 Å². The van der Waals surface area contributed by atoms with E-state index < -0.39 is 16.8 Å². The number of aliphatic carboxylic acids is 1. The molecule has 2 rings (SSSR count). The molecule has 0 saturated heterocycles. The minimum absolute atomic E-state index is 0.0842. The molecular formula is C11H12N2O4. The lowest BCUT2D eigenvalue weighted by atomic mass is 10.1. The van der Waals surface area contributed by atoms with Crippen molar-refractivity contribution < 1.29 is 14.8 Å². The molecule has 6 nitrogen and oxygen atoms in total. The summed E-state index contributed by atoms with van der Waals surface area (Å²) < 4.78 is 0. The van der Waals surface area contributed by atoms with Crippen LogP contribution in [0.5, 0.6) is 0 Å². The predicted octanol–water partition coefficient (Wildman–Crippen LogP) is 1.81. The Balaban J connectivity index is 2.26. The summed E-state index contributed by atoms with van der Waals surface area (Å²) in [5, 5.41) is 19.5. The molecule has 2 atom stereocenters. The third-order valence-electron chi connectivity index (χ3n) is 3.39. The van der Waals surface area contributed by atoms with Crippen molar-refractivity contribution in [1.29, 1.82) is 0 Å². The second-order valence-electron chi connectivity index (χ2n) is 4.81. The average molecular weight is 236 g/mol. The van der Waals surface area contributed by atoms with Gasteiger partial charge in [-0.3, -0.25) is 19.9 Å². The zero-order chi connectivity index (χ0) is 12.8. The number of aromatic nitrogens is 1. The Kier molecular flexibility index (Phi) is 2.38. The quantitative estimate of drug-likeness (QED) is 0.638. The summed E-state index contributed by atoms with van der Waals surface area (Å²) in [6.07, 6.45) is 1.17. The minimum atomic E-state index is -0.847. The number of pyridine rings is 1. The monoisotopic (exact) mass is 236 g/mol. The molecule has 1 N–H and O–H groups in total. The summed E-state index contributed by atoms with van der Waals surface area (Å²) in [5.74, 6) is -1.47. The summed E-state index contributed by atoms with van der Waals surface area (Å²) in [7, 11) is 0. The van der Waals surface area contributed by atoms with Crippen molar-refractivity contribution >= 4 is 11.7 Å². The standard InChI is InChI=1S/C11H12N2O4/c1-11(2)8(9(11)10(14)15)7-4-3-6(5-12-7)13(16)17/h3-5,8-9H,1-2H3,(H,14,15)/t8-,9+/m1/s1. The molecule has 0 aromatic carbocycles. The lowest BCUT2D eigenvalue weighted by Gasteiger charge is -2.00. The van der Waals surface area contributed by atoms with E-state index in [0.717, 1.165) is 0 Å². The molecule has 1 aliphatic carbocycles. The van der Waals surface area contributed by atoms with Gasteiger partial charge in [0.15, 0.2) is 0 Å². The number of carbonyl (C=O) groups is 1. The Morgan fingerprint density at radius 3 is 2.53 bits per heavy atom. The fourth-order valence-electron chi connectivity index (χ4n) is 2.34. The molecule has 1 aromatic heterocycles. The van der Waals surface area contributed by atoms with Gasteiger partial charge in [0.05, 0.1) is 10.8 Å². The Morgan fingerprint density at radius 2 is 2.18 bits per heavy atom. The van der Waals surface area contributed by atoms with Crippen LogP contribution in [0, 0.1) is 21.4 Å².